The molecule has 2 heterocycles. The molecule has 0 radical (unpaired) electrons. The van der Waals surface area contributed by atoms with Crippen molar-refractivity contribution < 1.29 is 18.7 Å². The van der Waals surface area contributed by atoms with Gasteiger partial charge in [0.25, 0.3) is 5.91 Å². The largest absolute Gasteiger partial charge is 0.466 e. The zero-order valence-corrected chi connectivity index (χ0v) is 11.3. The lowest BCUT2D eigenvalue weighted by atomic mass is 9.97. The van der Waals surface area contributed by atoms with Crippen molar-refractivity contribution in [2.75, 3.05) is 19.7 Å². The molecule has 108 valence electrons. The second kappa shape index (κ2) is 6.45. The molecule has 5 nitrogen and oxygen atoms in total. The summed E-state index contributed by atoms with van der Waals surface area (Å²) in [4.78, 5) is 28.9. The summed E-state index contributed by atoms with van der Waals surface area (Å²) in [7, 11) is 0. The van der Waals surface area contributed by atoms with Gasteiger partial charge in [-0.15, -0.1) is 0 Å². The van der Waals surface area contributed by atoms with E-state index >= 15 is 0 Å². The van der Waals surface area contributed by atoms with E-state index in [4.69, 9.17) is 4.74 Å². The minimum absolute atomic E-state index is 0.0583. The number of ether oxygens (including phenoxy) is 1. The van der Waals surface area contributed by atoms with Crippen LogP contribution in [0.3, 0.4) is 0 Å². The van der Waals surface area contributed by atoms with Gasteiger partial charge in [0.05, 0.1) is 18.1 Å². The standard InChI is InChI=1S/C14H17FN2O3/c1-2-20-14(19)10-5-4-8-17(9-10)13(18)11-6-3-7-16-12(11)15/h3,6-7,10H,2,4-5,8-9H2,1H3/t10-/m1/s1. The highest BCUT2D eigenvalue weighted by atomic mass is 19.1. The Balaban J connectivity index is 2.07. The van der Waals surface area contributed by atoms with Crippen LogP contribution in [0.1, 0.15) is 30.1 Å². The minimum atomic E-state index is -0.782. The maximum absolute atomic E-state index is 13.5. The average molecular weight is 280 g/mol. The van der Waals surface area contributed by atoms with Crippen LogP contribution in [0.2, 0.25) is 0 Å². The average Bonchev–Trinajstić information content (AvgIpc) is 2.47. The summed E-state index contributed by atoms with van der Waals surface area (Å²) in [6.07, 6.45) is 2.69. The SMILES string of the molecule is CCOC(=O)[C@@H]1CCCN(C(=O)c2cccnc2F)C1. The van der Waals surface area contributed by atoms with Crippen molar-refractivity contribution in [1.82, 2.24) is 9.88 Å². The van der Waals surface area contributed by atoms with Gasteiger partial charge in [-0.1, -0.05) is 0 Å². The molecule has 0 aromatic carbocycles. The molecule has 1 fully saturated rings. The predicted molar refractivity (Wildman–Crippen MR) is 69.5 cm³/mol. The summed E-state index contributed by atoms with van der Waals surface area (Å²) in [5, 5.41) is 0. The number of amides is 1. The van der Waals surface area contributed by atoms with Gasteiger partial charge >= 0.3 is 5.97 Å². The monoisotopic (exact) mass is 280 g/mol. The minimum Gasteiger partial charge on any atom is -0.466 e. The van der Waals surface area contributed by atoms with Gasteiger partial charge in [-0.25, -0.2) is 4.98 Å². The molecule has 0 N–H and O–H groups in total. The number of esters is 1. The van der Waals surface area contributed by atoms with Gasteiger partial charge in [0, 0.05) is 19.3 Å². The first-order valence-electron chi connectivity index (χ1n) is 6.70. The van der Waals surface area contributed by atoms with Crippen LogP contribution < -0.4 is 0 Å². The van der Waals surface area contributed by atoms with Gasteiger partial charge < -0.3 is 9.64 Å². The van der Waals surface area contributed by atoms with Crippen molar-refractivity contribution in [3.63, 3.8) is 0 Å². The van der Waals surface area contributed by atoms with E-state index in [1.54, 1.807) is 6.92 Å². The number of halogens is 1. The summed E-state index contributed by atoms with van der Waals surface area (Å²) < 4.78 is 18.5. The van der Waals surface area contributed by atoms with Crippen LogP contribution in [0.25, 0.3) is 0 Å². The van der Waals surface area contributed by atoms with E-state index in [0.717, 1.165) is 0 Å². The molecule has 1 amide bonds. The Morgan fingerprint density at radius 3 is 3.05 bits per heavy atom. The highest BCUT2D eigenvalue weighted by Crippen LogP contribution is 2.20. The summed E-state index contributed by atoms with van der Waals surface area (Å²) in [5.41, 5.74) is -0.0583. The van der Waals surface area contributed by atoms with Gasteiger partial charge in [0.1, 0.15) is 0 Å². The maximum Gasteiger partial charge on any atom is 0.310 e. The molecule has 1 saturated heterocycles. The van der Waals surface area contributed by atoms with Crippen molar-refractivity contribution in [3.8, 4) is 0 Å². The highest BCUT2D eigenvalue weighted by molar-refractivity contribution is 5.94. The van der Waals surface area contributed by atoms with E-state index in [1.165, 1.54) is 23.2 Å². The molecule has 0 spiro atoms. The van der Waals surface area contributed by atoms with Gasteiger partial charge in [0.2, 0.25) is 5.95 Å². The Hall–Kier alpha value is -1.98. The first-order valence-corrected chi connectivity index (χ1v) is 6.70. The Morgan fingerprint density at radius 1 is 1.55 bits per heavy atom. The molecule has 0 saturated carbocycles. The second-order valence-corrected chi connectivity index (χ2v) is 4.68. The van der Waals surface area contributed by atoms with E-state index in [1.807, 2.05) is 0 Å². The Morgan fingerprint density at radius 2 is 2.35 bits per heavy atom. The molecule has 1 atom stereocenters. The Labute approximate surface area is 116 Å². The molecule has 0 bridgehead atoms. The number of aromatic nitrogens is 1. The van der Waals surface area contributed by atoms with Gasteiger partial charge in [0.15, 0.2) is 0 Å². The fourth-order valence-electron chi connectivity index (χ4n) is 2.33. The van der Waals surface area contributed by atoms with Crippen molar-refractivity contribution >= 4 is 11.9 Å². The topological polar surface area (TPSA) is 59.5 Å². The van der Waals surface area contributed by atoms with Gasteiger partial charge in [-0.2, -0.15) is 4.39 Å². The summed E-state index contributed by atoms with van der Waals surface area (Å²) in [6, 6.07) is 2.92. The van der Waals surface area contributed by atoms with Crippen LogP contribution in [-0.2, 0) is 9.53 Å². The van der Waals surface area contributed by atoms with Crippen LogP contribution in [0.4, 0.5) is 4.39 Å². The summed E-state index contributed by atoms with van der Waals surface area (Å²) in [6.45, 7) is 2.85. The molecule has 20 heavy (non-hydrogen) atoms. The number of pyridine rings is 1. The number of carbonyl (C=O) groups excluding carboxylic acids is 2. The highest BCUT2D eigenvalue weighted by Gasteiger charge is 2.30. The van der Waals surface area contributed by atoms with Gasteiger partial charge in [-0.05, 0) is 31.9 Å². The number of nitrogens with zero attached hydrogens (tertiary/aromatic N) is 2. The molecule has 6 heteroatoms. The molecule has 1 aromatic heterocycles. The van der Waals surface area contributed by atoms with E-state index in [9.17, 15) is 14.0 Å². The lowest BCUT2D eigenvalue weighted by molar-refractivity contribution is -0.149. The molecule has 0 unspecified atom stereocenters. The number of hydrogen-bond donors (Lipinski definition) is 0. The zero-order valence-electron chi connectivity index (χ0n) is 11.3. The summed E-state index contributed by atoms with van der Waals surface area (Å²) >= 11 is 0. The molecule has 1 aliphatic rings. The fourth-order valence-corrected chi connectivity index (χ4v) is 2.33. The first kappa shape index (κ1) is 14.4. The third-order valence-corrected chi connectivity index (χ3v) is 3.32. The number of piperidine rings is 1. The van der Waals surface area contributed by atoms with E-state index in [0.29, 0.717) is 26.0 Å². The molecule has 1 aromatic rings. The van der Waals surface area contributed by atoms with Crippen LogP contribution in [0.5, 0.6) is 0 Å². The summed E-state index contributed by atoms with van der Waals surface area (Å²) in [5.74, 6) is -1.83. The lowest BCUT2D eigenvalue weighted by Gasteiger charge is -2.31. The van der Waals surface area contributed by atoms with Crippen molar-refractivity contribution in [1.29, 1.82) is 0 Å². The molecule has 2 rings (SSSR count). The van der Waals surface area contributed by atoms with Crippen molar-refractivity contribution in [2.24, 2.45) is 5.92 Å². The second-order valence-electron chi connectivity index (χ2n) is 4.68. The van der Waals surface area contributed by atoms with E-state index in [2.05, 4.69) is 4.98 Å². The first-order chi connectivity index (χ1) is 9.63. The Bertz CT molecular complexity index is 507. The Kier molecular flexibility index (Phi) is 4.65. The zero-order chi connectivity index (χ0) is 14.5. The van der Waals surface area contributed by atoms with Crippen molar-refractivity contribution in [2.45, 2.75) is 19.8 Å². The fraction of sp³-hybridized carbons (Fsp3) is 0.500. The lowest BCUT2D eigenvalue weighted by Crippen LogP contribution is -2.43. The van der Waals surface area contributed by atoms with Gasteiger partial charge in [-0.3, -0.25) is 9.59 Å². The molecule has 0 aliphatic carbocycles. The third-order valence-electron chi connectivity index (χ3n) is 3.32. The van der Waals surface area contributed by atoms with Crippen LogP contribution in [0, 0.1) is 11.9 Å². The van der Waals surface area contributed by atoms with Crippen LogP contribution >= 0.6 is 0 Å². The molecular weight excluding hydrogens is 263 g/mol. The normalized spacial score (nSPS) is 18.7. The molecule has 1 aliphatic heterocycles. The maximum atomic E-state index is 13.5. The number of carbonyl (C=O) groups is 2. The number of hydrogen-bond acceptors (Lipinski definition) is 4. The predicted octanol–water partition coefficient (Wildman–Crippen LogP) is 1.64. The van der Waals surface area contributed by atoms with E-state index < -0.39 is 11.9 Å². The van der Waals surface area contributed by atoms with Crippen LogP contribution in [0.15, 0.2) is 18.3 Å². The third kappa shape index (κ3) is 3.12. The quantitative estimate of drug-likeness (QED) is 0.624. The van der Waals surface area contributed by atoms with Crippen molar-refractivity contribution in [3.05, 3.63) is 29.8 Å². The number of rotatable bonds is 3. The number of likely N-dealkylation sites (tertiary alicyclic amines) is 1. The molecular formula is C14H17FN2O3. The smallest absolute Gasteiger partial charge is 0.310 e. The van der Waals surface area contributed by atoms with E-state index in [-0.39, 0.29) is 24.0 Å². The van der Waals surface area contributed by atoms with Crippen LogP contribution in [-0.4, -0.2) is 41.5 Å².